The number of aromatic nitrogens is 2. The first kappa shape index (κ1) is 22.9. The van der Waals surface area contributed by atoms with Gasteiger partial charge in [-0.1, -0.05) is 35.0 Å². The van der Waals surface area contributed by atoms with E-state index in [4.69, 9.17) is 18.9 Å². The fraction of sp³-hybridized carbons (Fsp3) is 0.192. The van der Waals surface area contributed by atoms with Gasteiger partial charge in [0.1, 0.15) is 12.4 Å². The third-order valence-electron chi connectivity index (χ3n) is 5.55. The number of aryl methyl sites for hydroxylation is 1. The monoisotopic (exact) mass is 535 g/mol. The Labute approximate surface area is 209 Å². The zero-order valence-corrected chi connectivity index (χ0v) is 20.7. The van der Waals surface area contributed by atoms with Crippen LogP contribution < -0.4 is 24.5 Å². The summed E-state index contributed by atoms with van der Waals surface area (Å²) < 4.78 is 24.6. The van der Waals surface area contributed by atoms with E-state index in [-0.39, 0.29) is 19.0 Å². The molecule has 0 saturated carbocycles. The maximum Gasteiger partial charge on any atom is 0.282 e. The standard InChI is InChI=1S/C26H22BrN3O5/c1-3-24-29-20-9-8-18(27)12-19(20)26(31)30(24)28-13-17-5-4-6-22(32-2)25(17)33-14-16-7-10-21-23(11-16)35-15-34-21/h4-13H,3,14-15H2,1-2H3. The zero-order chi connectivity index (χ0) is 24.4. The maximum absolute atomic E-state index is 13.2. The van der Waals surface area contributed by atoms with Crippen LogP contribution >= 0.6 is 15.9 Å². The van der Waals surface area contributed by atoms with Crippen LogP contribution in [0.25, 0.3) is 10.9 Å². The lowest BCUT2D eigenvalue weighted by Crippen LogP contribution is -2.22. The Bertz CT molecular complexity index is 1500. The average Bonchev–Trinajstić information content (AvgIpc) is 3.35. The molecule has 3 aromatic carbocycles. The molecule has 0 amide bonds. The van der Waals surface area contributed by atoms with Crippen LogP contribution in [0.2, 0.25) is 0 Å². The second kappa shape index (κ2) is 9.79. The summed E-state index contributed by atoms with van der Waals surface area (Å²) in [5.41, 5.74) is 1.97. The molecule has 0 radical (unpaired) electrons. The van der Waals surface area contributed by atoms with Gasteiger partial charge in [-0.15, -0.1) is 0 Å². The second-order valence-electron chi connectivity index (χ2n) is 7.76. The van der Waals surface area contributed by atoms with Gasteiger partial charge in [-0.25, -0.2) is 4.98 Å². The zero-order valence-electron chi connectivity index (χ0n) is 19.2. The van der Waals surface area contributed by atoms with E-state index >= 15 is 0 Å². The summed E-state index contributed by atoms with van der Waals surface area (Å²) in [5.74, 6) is 3.03. The topological polar surface area (TPSA) is 84.2 Å². The number of fused-ring (bicyclic) bond motifs is 2. The van der Waals surface area contributed by atoms with E-state index in [0.29, 0.717) is 51.7 Å². The summed E-state index contributed by atoms with van der Waals surface area (Å²) in [6, 6.07) is 16.6. The van der Waals surface area contributed by atoms with E-state index in [1.165, 1.54) is 4.68 Å². The fourth-order valence-corrected chi connectivity index (χ4v) is 4.16. The number of hydrogen-bond donors (Lipinski definition) is 0. The molecule has 1 aliphatic heterocycles. The summed E-state index contributed by atoms with van der Waals surface area (Å²) in [6.45, 7) is 2.43. The van der Waals surface area contributed by atoms with Gasteiger partial charge in [0.05, 0.1) is 24.2 Å². The molecule has 9 heteroatoms. The second-order valence-corrected chi connectivity index (χ2v) is 8.68. The van der Waals surface area contributed by atoms with Crippen molar-refractivity contribution in [3.05, 3.63) is 86.4 Å². The van der Waals surface area contributed by atoms with Crippen molar-refractivity contribution in [3.8, 4) is 23.0 Å². The van der Waals surface area contributed by atoms with Crippen molar-refractivity contribution in [1.82, 2.24) is 9.66 Å². The summed E-state index contributed by atoms with van der Waals surface area (Å²) in [6.07, 6.45) is 2.13. The number of para-hydroxylation sites is 1. The Morgan fingerprint density at radius 1 is 1.14 bits per heavy atom. The molecule has 35 heavy (non-hydrogen) atoms. The SMILES string of the molecule is CCc1nc2ccc(Br)cc2c(=O)n1N=Cc1cccc(OC)c1OCc1ccc2c(c1)OCO2. The molecule has 1 aliphatic rings. The largest absolute Gasteiger partial charge is 0.493 e. The molecule has 0 bridgehead atoms. The third-order valence-corrected chi connectivity index (χ3v) is 6.05. The highest BCUT2D eigenvalue weighted by molar-refractivity contribution is 9.10. The molecule has 0 spiro atoms. The Balaban J connectivity index is 1.49. The van der Waals surface area contributed by atoms with Gasteiger partial charge in [0.25, 0.3) is 5.56 Å². The summed E-state index contributed by atoms with van der Waals surface area (Å²) in [7, 11) is 1.58. The number of ether oxygens (including phenoxy) is 4. The molecule has 1 aromatic heterocycles. The molecule has 0 unspecified atom stereocenters. The Morgan fingerprint density at radius 3 is 2.83 bits per heavy atom. The number of methoxy groups -OCH3 is 1. The van der Waals surface area contributed by atoms with Crippen molar-refractivity contribution < 1.29 is 18.9 Å². The van der Waals surface area contributed by atoms with E-state index in [1.54, 1.807) is 19.4 Å². The first-order valence-corrected chi connectivity index (χ1v) is 11.8. The molecular formula is C26H22BrN3O5. The smallest absolute Gasteiger partial charge is 0.282 e. The van der Waals surface area contributed by atoms with E-state index in [0.717, 1.165) is 10.0 Å². The van der Waals surface area contributed by atoms with Gasteiger partial charge in [-0.05, 0) is 48.0 Å². The van der Waals surface area contributed by atoms with E-state index in [1.807, 2.05) is 55.5 Å². The van der Waals surface area contributed by atoms with Crippen molar-refractivity contribution in [1.29, 1.82) is 0 Å². The van der Waals surface area contributed by atoms with Crippen LogP contribution in [0, 0.1) is 0 Å². The third kappa shape index (κ3) is 4.59. The predicted molar refractivity (Wildman–Crippen MR) is 136 cm³/mol. The quantitative estimate of drug-likeness (QED) is 0.312. The Morgan fingerprint density at radius 2 is 2.00 bits per heavy atom. The van der Waals surface area contributed by atoms with Crippen molar-refractivity contribution in [3.63, 3.8) is 0 Å². The van der Waals surface area contributed by atoms with Crippen molar-refractivity contribution >= 4 is 33.0 Å². The Kier molecular flexibility index (Phi) is 6.41. The maximum atomic E-state index is 13.2. The van der Waals surface area contributed by atoms with Crippen LogP contribution in [-0.4, -0.2) is 29.8 Å². The molecule has 8 nitrogen and oxygen atoms in total. The number of rotatable bonds is 7. The molecule has 0 aliphatic carbocycles. The van der Waals surface area contributed by atoms with Crippen LogP contribution in [0.15, 0.2) is 69.0 Å². The van der Waals surface area contributed by atoms with Crippen molar-refractivity contribution in [2.45, 2.75) is 20.0 Å². The molecule has 5 rings (SSSR count). The fourth-order valence-electron chi connectivity index (χ4n) is 3.80. The molecule has 0 fully saturated rings. The number of hydrogen-bond acceptors (Lipinski definition) is 7. The molecule has 4 aromatic rings. The molecule has 2 heterocycles. The molecule has 0 saturated heterocycles. The summed E-state index contributed by atoms with van der Waals surface area (Å²) in [4.78, 5) is 17.8. The number of halogens is 1. The van der Waals surface area contributed by atoms with Gasteiger partial charge in [0, 0.05) is 16.5 Å². The van der Waals surface area contributed by atoms with Crippen LogP contribution in [0.3, 0.4) is 0 Å². The summed E-state index contributed by atoms with van der Waals surface area (Å²) >= 11 is 3.42. The van der Waals surface area contributed by atoms with Crippen LogP contribution in [0.4, 0.5) is 0 Å². The van der Waals surface area contributed by atoms with E-state index in [9.17, 15) is 4.79 Å². The molecular weight excluding hydrogens is 514 g/mol. The highest BCUT2D eigenvalue weighted by Gasteiger charge is 2.15. The van der Waals surface area contributed by atoms with Gasteiger partial charge in [-0.3, -0.25) is 4.79 Å². The molecule has 0 atom stereocenters. The number of nitrogens with zero attached hydrogens (tertiary/aromatic N) is 3. The minimum atomic E-state index is -0.241. The van der Waals surface area contributed by atoms with Gasteiger partial charge in [0.2, 0.25) is 6.79 Å². The van der Waals surface area contributed by atoms with Crippen molar-refractivity contribution in [2.24, 2.45) is 5.10 Å². The normalized spacial score (nSPS) is 12.4. The summed E-state index contributed by atoms with van der Waals surface area (Å²) in [5, 5.41) is 4.98. The number of benzene rings is 3. The van der Waals surface area contributed by atoms with Crippen molar-refractivity contribution in [2.75, 3.05) is 13.9 Å². The highest BCUT2D eigenvalue weighted by atomic mass is 79.9. The lowest BCUT2D eigenvalue weighted by atomic mass is 10.2. The van der Waals surface area contributed by atoms with Gasteiger partial charge < -0.3 is 18.9 Å². The Hall–Kier alpha value is -3.85. The lowest BCUT2D eigenvalue weighted by Gasteiger charge is -2.14. The van der Waals surface area contributed by atoms with Crippen LogP contribution in [-0.2, 0) is 13.0 Å². The lowest BCUT2D eigenvalue weighted by molar-refractivity contribution is 0.174. The minimum Gasteiger partial charge on any atom is -0.493 e. The van der Waals surface area contributed by atoms with Crippen LogP contribution in [0.1, 0.15) is 23.9 Å². The molecule has 178 valence electrons. The van der Waals surface area contributed by atoms with Crippen LogP contribution in [0.5, 0.6) is 23.0 Å². The molecule has 0 N–H and O–H groups in total. The minimum absolute atomic E-state index is 0.215. The first-order chi connectivity index (χ1) is 17.1. The predicted octanol–water partition coefficient (Wildman–Crippen LogP) is 4.92. The van der Waals surface area contributed by atoms with E-state index in [2.05, 4.69) is 26.0 Å². The van der Waals surface area contributed by atoms with Gasteiger partial charge in [-0.2, -0.15) is 9.78 Å². The first-order valence-electron chi connectivity index (χ1n) is 11.0. The average molecular weight is 536 g/mol. The van der Waals surface area contributed by atoms with Gasteiger partial charge >= 0.3 is 0 Å². The van der Waals surface area contributed by atoms with Gasteiger partial charge in [0.15, 0.2) is 23.0 Å². The van der Waals surface area contributed by atoms with E-state index < -0.39 is 0 Å². The highest BCUT2D eigenvalue weighted by Crippen LogP contribution is 2.34.